The van der Waals surface area contributed by atoms with E-state index in [2.05, 4.69) is 10.3 Å². The molecule has 0 radical (unpaired) electrons. The molecule has 0 aromatic carbocycles. The van der Waals surface area contributed by atoms with Gasteiger partial charge in [0.25, 0.3) is 0 Å². The van der Waals surface area contributed by atoms with Crippen LogP contribution in [0.3, 0.4) is 0 Å². The molecule has 3 nitrogen and oxygen atoms in total. The Balaban J connectivity index is 2.63. The third-order valence-electron chi connectivity index (χ3n) is 1.74. The Bertz CT molecular complexity index is 288. The zero-order valence-electron chi connectivity index (χ0n) is 8.59. The first kappa shape index (κ1) is 11.1. The van der Waals surface area contributed by atoms with Crippen molar-refractivity contribution in [2.24, 2.45) is 0 Å². The third kappa shape index (κ3) is 3.06. The van der Waals surface area contributed by atoms with Crippen LogP contribution in [0.2, 0.25) is 0 Å². The summed E-state index contributed by atoms with van der Waals surface area (Å²) in [6.07, 6.45) is 2.66. The Morgan fingerprint density at radius 2 is 2.14 bits per heavy atom. The molecule has 0 atom stereocenters. The normalized spacial score (nSPS) is 12.4. The smallest absolute Gasteiger partial charge is 0.305 e. The van der Waals surface area contributed by atoms with E-state index in [1.54, 1.807) is 0 Å². The molecule has 0 fully saturated rings. The summed E-state index contributed by atoms with van der Waals surface area (Å²) in [5.41, 5.74) is -0.0983. The van der Waals surface area contributed by atoms with Crippen LogP contribution in [0.15, 0.2) is 12.4 Å². The zero-order valence-corrected chi connectivity index (χ0v) is 8.59. The van der Waals surface area contributed by atoms with Crippen molar-refractivity contribution in [1.82, 2.24) is 14.9 Å². The summed E-state index contributed by atoms with van der Waals surface area (Å²) in [5.74, 6) is 0.356. The molecule has 0 saturated carbocycles. The number of aromatic nitrogens is 2. The van der Waals surface area contributed by atoms with E-state index in [1.807, 2.05) is 20.8 Å². The van der Waals surface area contributed by atoms with Crippen molar-refractivity contribution in [1.29, 1.82) is 0 Å². The van der Waals surface area contributed by atoms with E-state index in [4.69, 9.17) is 0 Å². The van der Waals surface area contributed by atoms with Gasteiger partial charge in [-0.2, -0.15) is 8.78 Å². The summed E-state index contributed by atoms with van der Waals surface area (Å²) in [6.45, 7) is 3.75. The minimum absolute atomic E-state index is 0.0983. The van der Waals surface area contributed by atoms with E-state index in [0.29, 0.717) is 12.4 Å². The molecule has 0 aliphatic rings. The topological polar surface area (TPSA) is 29.9 Å². The molecule has 14 heavy (non-hydrogen) atoms. The van der Waals surface area contributed by atoms with Gasteiger partial charge in [-0.05, 0) is 20.8 Å². The van der Waals surface area contributed by atoms with Crippen LogP contribution in [0.1, 0.15) is 33.1 Å². The summed E-state index contributed by atoms with van der Waals surface area (Å²) < 4.78 is 25.6. The molecule has 0 saturated heterocycles. The SMILES string of the molecule is CC(C)(C)NCc1nccn1C(F)F. The second kappa shape index (κ2) is 4.04. The molecule has 1 rings (SSSR count). The van der Waals surface area contributed by atoms with Gasteiger partial charge < -0.3 is 5.32 Å². The molecule has 0 spiro atoms. The lowest BCUT2D eigenvalue weighted by molar-refractivity contribution is 0.0662. The zero-order chi connectivity index (χ0) is 10.8. The number of hydrogen-bond acceptors (Lipinski definition) is 2. The molecule has 0 unspecified atom stereocenters. The van der Waals surface area contributed by atoms with Gasteiger partial charge in [0.1, 0.15) is 5.82 Å². The highest BCUT2D eigenvalue weighted by atomic mass is 19.3. The van der Waals surface area contributed by atoms with Crippen molar-refractivity contribution in [2.45, 2.75) is 39.4 Å². The largest absolute Gasteiger partial charge is 0.319 e. The summed E-state index contributed by atoms with van der Waals surface area (Å²) >= 11 is 0. The maximum Gasteiger partial charge on any atom is 0.319 e. The number of halogens is 2. The number of rotatable bonds is 3. The molecular weight excluding hydrogens is 188 g/mol. The standard InChI is InChI=1S/C9H15F2N3/c1-9(2,3)13-6-7-12-4-5-14(7)8(10)11/h4-5,8,13H,6H2,1-3H3. The van der Waals surface area contributed by atoms with E-state index in [-0.39, 0.29) is 5.54 Å². The highest BCUT2D eigenvalue weighted by molar-refractivity contribution is 4.93. The molecule has 1 N–H and O–H groups in total. The number of hydrogen-bond donors (Lipinski definition) is 1. The molecule has 0 aliphatic heterocycles. The Hall–Kier alpha value is -0.970. The minimum atomic E-state index is -2.52. The molecule has 80 valence electrons. The number of alkyl halides is 2. The fourth-order valence-corrected chi connectivity index (χ4v) is 1.00. The highest BCUT2D eigenvalue weighted by Crippen LogP contribution is 2.12. The molecular formula is C9H15F2N3. The van der Waals surface area contributed by atoms with Gasteiger partial charge in [0.05, 0.1) is 6.54 Å². The first-order valence-electron chi connectivity index (χ1n) is 4.45. The summed E-state index contributed by atoms with van der Waals surface area (Å²) in [7, 11) is 0. The molecule has 1 heterocycles. The van der Waals surface area contributed by atoms with Crippen molar-refractivity contribution < 1.29 is 8.78 Å². The van der Waals surface area contributed by atoms with Crippen molar-refractivity contribution in [2.75, 3.05) is 0 Å². The molecule has 0 amide bonds. The molecule has 5 heteroatoms. The number of nitrogens with zero attached hydrogens (tertiary/aromatic N) is 2. The number of nitrogens with one attached hydrogen (secondary N) is 1. The van der Waals surface area contributed by atoms with E-state index in [0.717, 1.165) is 4.57 Å². The monoisotopic (exact) mass is 203 g/mol. The van der Waals surface area contributed by atoms with Gasteiger partial charge in [-0.3, -0.25) is 4.57 Å². The van der Waals surface area contributed by atoms with Crippen molar-refractivity contribution in [3.63, 3.8) is 0 Å². The van der Waals surface area contributed by atoms with Crippen LogP contribution in [0.5, 0.6) is 0 Å². The first-order valence-corrected chi connectivity index (χ1v) is 4.45. The summed E-state index contributed by atoms with van der Waals surface area (Å²) in [5, 5.41) is 3.10. The predicted molar refractivity (Wildman–Crippen MR) is 50.1 cm³/mol. The van der Waals surface area contributed by atoms with Gasteiger partial charge in [0, 0.05) is 17.9 Å². The van der Waals surface area contributed by atoms with Gasteiger partial charge in [-0.25, -0.2) is 4.98 Å². The maximum atomic E-state index is 12.4. The van der Waals surface area contributed by atoms with Gasteiger partial charge in [-0.15, -0.1) is 0 Å². The fraction of sp³-hybridized carbons (Fsp3) is 0.667. The van der Waals surface area contributed by atoms with Gasteiger partial charge in [-0.1, -0.05) is 0 Å². The van der Waals surface area contributed by atoms with Crippen LogP contribution in [-0.4, -0.2) is 15.1 Å². The van der Waals surface area contributed by atoms with Gasteiger partial charge in [0.15, 0.2) is 0 Å². The Morgan fingerprint density at radius 1 is 1.50 bits per heavy atom. The summed E-state index contributed by atoms with van der Waals surface area (Å²) in [6, 6.07) is 0. The lowest BCUT2D eigenvalue weighted by Gasteiger charge is -2.20. The molecule has 0 aliphatic carbocycles. The molecule has 1 aromatic rings. The Kier molecular flexibility index (Phi) is 3.21. The van der Waals surface area contributed by atoms with Gasteiger partial charge >= 0.3 is 6.55 Å². The maximum absolute atomic E-state index is 12.4. The minimum Gasteiger partial charge on any atom is -0.305 e. The Labute approximate surface area is 82.1 Å². The highest BCUT2D eigenvalue weighted by Gasteiger charge is 2.14. The van der Waals surface area contributed by atoms with Gasteiger partial charge in [0.2, 0.25) is 0 Å². The lowest BCUT2D eigenvalue weighted by Crippen LogP contribution is -2.36. The van der Waals surface area contributed by atoms with Crippen molar-refractivity contribution in [3.8, 4) is 0 Å². The second-order valence-corrected chi connectivity index (χ2v) is 4.13. The molecule has 1 aromatic heterocycles. The average molecular weight is 203 g/mol. The van der Waals surface area contributed by atoms with Crippen LogP contribution < -0.4 is 5.32 Å². The van der Waals surface area contributed by atoms with Crippen LogP contribution in [0.25, 0.3) is 0 Å². The lowest BCUT2D eigenvalue weighted by atomic mass is 10.1. The predicted octanol–water partition coefficient (Wildman–Crippen LogP) is 2.17. The first-order chi connectivity index (χ1) is 6.40. The quantitative estimate of drug-likeness (QED) is 0.815. The van der Waals surface area contributed by atoms with E-state index in [1.165, 1.54) is 12.4 Å². The Morgan fingerprint density at radius 3 is 2.64 bits per heavy atom. The van der Waals surface area contributed by atoms with Crippen LogP contribution >= 0.6 is 0 Å². The third-order valence-corrected chi connectivity index (χ3v) is 1.74. The molecule has 0 bridgehead atoms. The van der Waals surface area contributed by atoms with E-state index >= 15 is 0 Å². The summed E-state index contributed by atoms with van der Waals surface area (Å²) in [4.78, 5) is 3.86. The van der Waals surface area contributed by atoms with Crippen LogP contribution in [0.4, 0.5) is 8.78 Å². The second-order valence-electron chi connectivity index (χ2n) is 4.13. The van der Waals surface area contributed by atoms with E-state index in [9.17, 15) is 8.78 Å². The van der Waals surface area contributed by atoms with Crippen LogP contribution in [-0.2, 0) is 6.54 Å². The fourth-order valence-electron chi connectivity index (χ4n) is 1.00. The van der Waals surface area contributed by atoms with Crippen molar-refractivity contribution in [3.05, 3.63) is 18.2 Å². The van der Waals surface area contributed by atoms with Crippen LogP contribution in [0, 0.1) is 0 Å². The average Bonchev–Trinajstić information content (AvgIpc) is 2.46. The van der Waals surface area contributed by atoms with E-state index < -0.39 is 6.55 Å². The van der Waals surface area contributed by atoms with Crippen molar-refractivity contribution >= 4 is 0 Å². The number of imidazole rings is 1.